The summed E-state index contributed by atoms with van der Waals surface area (Å²) in [6.45, 7) is 2.75. The van der Waals surface area contributed by atoms with Crippen LogP contribution in [0, 0.1) is 6.92 Å². The number of aromatic nitrogens is 2. The van der Waals surface area contributed by atoms with E-state index >= 15 is 0 Å². The number of halogens is 1. The van der Waals surface area contributed by atoms with Crippen LogP contribution in [-0.2, 0) is 11.8 Å². The number of ether oxygens (including phenoxy) is 1. The molecule has 0 fully saturated rings. The van der Waals surface area contributed by atoms with Gasteiger partial charge in [0.2, 0.25) is 5.91 Å². The first kappa shape index (κ1) is 21.6. The molecule has 0 unspecified atom stereocenters. The van der Waals surface area contributed by atoms with E-state index in [1.807, 2.05) is 6.92 Å². The number of amides is 3. The Morgan fingerprint density at radius 1 is 1.20 bits per heavy atom. The molecule has 10 heteroatoms. The zero-order chi connectivity index (χ0) is 21.7. The molecule has 0 spiro atoms. The van der Waals surface area contributed by atoms with E-state index in [1.54, 1.807) is 29.9 Å². The third-order valence-corrected chi connectivity index (χ3v) is 4.95. The first-order chi connectivity index (χ1) is 14.3. The molecule has 9 nitrogen and oxygen atoms in total. The fourth-order valence-electron chi connectivity index (χ4n) is 3.03. The average molecular weight is 434 g/mol. The van der Waals surface area contributed by atoms with Crippen molar-refractivity contribution in [1.82, 2.24) is 25.3 Å². The Hall–Kier alpha value is -3.07. The summed E-state index contributed by atoms with van der Waals surface area (Å²) in [6.07, 6.45) is 0.466. The zero-order valence-corrected chi connectivity index (χ0v) is 17.7. The predicted octanol–water partition coefficient (Wildman–Crippen LogP) is 1.15. The van der Waals surface area contributed by atoms with Gasteiger partial charge in [0.25, 0.3) is 11.8 Å². The predicted molar refractivity (Wildman–Crippen MR) is 111 cm³/mol. The molecule has 1 aromatic carbocycles. The molecule has 1 aromatic heterocycles. The highest BCUT2D eigenvalue weighted by molar-refractivity contribution is 6.31. The van der Waals surface area contributed by atoms with Crippen molar-refractivity contribution >= 4 is 29.3 Å². The van der Waals surface area contributed by atoms with E-state index in [9.17, 15) is 14.4 Å². The molecule has 2 aromatic rings. The van der Waals surface area contributed by atoms with Crippen molar-refractivity contribution in [2.75, 3.05) is 32.8 Å². The van der Waals surface area contributed by atoms with Gasteiger partial charge in [-0.3, -0.25) is 19.1 Å². The van der Waals surface area contributed by atoms with Gasteiger partial charge in [0.15, 0.2) is 5.69 Å². The molecule has 0 saturated carbocycles. The maximum atomic E-state index is 12.9. The monoisotopic (exact) mass is 433 g/mol. The number of aryl methyl sites for hydroxylation is 2. The molecule has 0 aliphatic carbocycles. The van der Waals surface area contributed by atoms with Crippen molar-refractivity contribution in [3.05, 3.63) is 46.2 Å². The fraction of sp³-hybridized carbons (Fsp3) is 0.400. The number of nitrogens with one attached hydrogen (secondary N) is 2. The van der Waals surface area contributed by atoms with Crippen LogP contribution >= 0.6 is 11.6 Å². The summed E-state index contributed by atoms with van der Waals surface area (Å²) in [4.78, 5) is 39.2. The van der Waals surface area contributed by atoms with Gasteiger partial charge in [0, 0.05) is 30.9 Å². The van der Waals surface area contributed by atoms with Crippen molar-refractivity contribution in [3.8, 4) is 5.75 Å². The number of nitrogens with zero attached hydrogens (tertiary/aromatic N) is 3. The Balaban J connectivity index is 1.74. The Morgan fingerprint density at radius 3 is 2.73 bits per heavy atom. The van der Waals surface area contributed by atoms with E-state index in [4.69, 9.17) is 16.3 Å². The number of carbonyl (C=O) groups is 3. The molecule has 0 bridgehead atoms. The molecule has 1 aliphatic rings. The lowest BCUT2D eigenvalue weighted by Gasteiger charge is -2.22. The minimum atomic E-state index is -0.333. The van der Waals surface area contributed by atoms with Gasteiger partial charge in [0.1, 0.15) is 12.4 Å². The molecule has 160 valence electrons. The highest BCUT2D eigenvalue weighted by Crippen LogP contribution is 2.23. The van der Waals surface area contributed by atoms with Gasteiger partial charge in [-0.2, -0.15) is 5.10 Å². The Morgan fingerprint density at radius 2 is 2.00 bits per heavy atom. The molecular formula is C20H24ClN5O4. The number of hydrogen-bond donors (Lipinski definition) is 2. The molecule has 2 heterocycles. The normalized spacial score (nSPS) is 16.0. The van der Waals surface area contributed by atoms with Gasteiger partial charge < -0.3 is 20.3 Å². The van der Waals surface area contributed by atoms with Gasteiger partial charge in [0.05, 0.1) is 18.7 Å². The van der Waals surface area contributed by atoms with E-state index < -0.39 is 0 Å². The maximum Gasteiger partial charge on any atom is 0.274 e. The SMILES string of the molecule is Cc1cc(C(=O)N2CCCNC(=O)c3cc(Cl)ccc3OCCNC(=O)C2)nn1C. The second-order valence-corrected chi connectivity index (χ2v) is 7.41. The van der Waals surface area contributed by atoms with Gasteiger partial charge in [-0.25, -0.2) is 0 Å². The van der Waals surface area contributed by atoms with Crippen LogP contribution in [0.2, 0.25) is 5.02 Å². The van der Waals surface area contributed by atoms with E-state index in [0.717, 1.165) is 5.69 Å². The quantitative estimate of drug-likeness (QED) is 0.701. The van der Waals surface area contributed by atoms with E-state index in [-0.39, 0.29) is 43.1 Å². The van der Waals surface area contributed by atoms with Crippen LogP contribution < -0.4 is 15.4 Å². The molecule has 0 saturated heterocycles. The first-order valence-electron chi connectivity index (χ1n) is 9.62. The Labute approximate surface area is 179 Å². The van der Waals surface area contributed by atoms with E-state index in [1.165, 1.54) is 11.0 Å². The van der Waals surface area contributed by atoms with Crippen LogP contribution in [0.4, 0.5) is 0 Å². The van der Waals surface area contributed by atoms with Crippen LogP contribution in [0.15, 0.2) is 24.3 Å². The zero-order valence-electron chi connectivity index (χ0n) is 16.9. The van der Waals surface area contributed by atoms with Gasteiger partial charge in [-0.15, -0.1) is 0 Å². The molecule has 0 atom stereocenters. The molecule has 30 heavy (non-hydrogen) atoms. The lowest BCUT2D eigenvalue weighted by molar-refractivity contribution is -0.121. The Bertz CT molecular complexity index is 939. The highest BCUT2D eigenvalue weighted by atomic mass is 35.5. The molecule has 1 aliphatic heterocycles. The summed E-state index contributed by atoms with van der Waals surface area (Å²) in [5.41, 5.74) is 1.44. The third kappa shape index (κ3) is 5.29. The van der Waals surface area contributed by atoms with Gasteiger partial charge in [-0.1, -0.05) is 11.6 Å². The molecule has 3 amide bonds. The second-order valence-electron chi connectivity index (χ2n) is 6.97. The summed E-state index contributed by atoms with van der Waals surface area (Å²) < 4.78 is 7.25. The minimum absolute atomic E-state index is 0.103. The van der Waals surface area contributed by atoms with Crippen LogP contribution in [0.3, 0.4) is 0 Å². The van der Waals surface area contributed by atoms with E-state index in [2.05, 4.69) is 15.7 Å². The van der Waals surface area contributed by atoms with Crippen LogP contribution in [0.5, 0.6) is 5.75 Å². The lowest BCUT2D eigenvalue weighted by Crippen LogP contribution is -2.43. The van der Waals surface area contributed by atoms with Crippen molar-refractivity contribution in [1.29, 1.82) is 0 Å². The molecular weight excluding hydrogens is 410 g/mol. The highest BCUT2D eigenvalue weighted by Gasteiger charge is 2.22. The fourth-order valence-corrected chi connectivity index (χ4v) is 3.20. The van der Waals surface area contributed by atoms with Crippen molar-refractivity contribution in [3.63, 3.8) is 0 Å². The van der Waals surface area contributed by atoms with E-state index in [0.29, 0.717) is 35.8 Å². The summed E-state index contributed by atoms with van der Waals surface area (Å²) in [6, 6.07) is 6.48. The maximum absolute atomic E-state index is 12.9. The van der Waals surface area contributed by atoms with Gasteiger partial charge in [-0.05, 0) is 37.6 Å². The number of fused-ring (bicyclic) bond motifs is 1. The molecule has 3 rings (SSSR count). The summed E-state index contributed by atoms with van der Waals surface area (Å²) in [5.74, 6) is -0.546. The van der Waals surface area contributed by atoms with Crippen molar-refractivity contribution in [2.45, 2.75) is 13.3 Å². The Kier molecular flexibility index (Phi) is 6.94. The standard InChI is InChI=1S/C20H24ClN5O4/c1-13-10-16(24-25(13)2)20(29)26-8-3-6-23-19(28)15-11-14(21)4-5-17(15)30-9-7-22-18(27)12-26/h4-5,10-11H,3,6-9,12H2,1-2H3,(H,22,27)(H,23,28). The summed E-state index contributed by atoms with van der Waals surface area (Å²) in [5, 5.41) is 10.2. The van der Waals surface area contributed by atoms with Crippen LogP contribution in [0.1, 0.15) is 33.0 Å². The third-order valence-electron chi connectivity index (χ3n) is 4.71. The largest absolute Gasteiger partial charge is 0.491 e. The van der Waals surface area contributed by atoms with Crippen molar-refractivity contribution < 1.29 is 19.1 Å². The van der Waals surface area contributed by atoms with Crippen LogP contribution in [0.25, 0.3) is 0 Å². The number of carbonyl (C=O) groups excluding carboxylic acids is 3. The van der Waals surface area contributed by atoms with Gasteiger partial charge >= 0.3 is 0 Å². The number of benzene rings is 1. The number of hydrogen-bond acceptors (Lipinski definition) is 5. The second kappa shape index (κ2) is 9.62. The van der Waals surface area contributed by atoms with Crippen molar-refractivity contribution in [2.24, 2.45) is 7.05 Å². The topological polar surface area (TPSA) is 106 Å². The average Bonchev–Trinajstić information content (AvgIpc) is 3.05. The first-order valence-corrected chi connectivity index (χ1v) is 10.00. The number of rotatable bonds is 1. The molecule has 2 N–H and O–H groups in total. The van der Waals surface area contributed by atoms with Crippen LogP contribution in [-0.4, -0.2) is 65.2 Å². The smallest absolute Gasteiger partial charge is 0.274 e. The molecule has 0 radical (unpaired) electrons. The summed E-state index contributed by atoms with van der Waals surface area (Å²) >= 11 is 6.01. The summed E-state index contributed by atoms with van der Waals surface area (Å²) in [7, 11) is 1.75. The lowest BCUT2D eigenvalue weighted by atomic mass is 10.2. The minimum Gasteiger partial charge on any atom is -0.491 e.